The lowest BCUT2D eigenvalue weighted by Gasteiger charge is -2.09. The van der Waals surface area contributed by atoms with Crippen molar-refractivity contribution < 1.29 is 4.43 Å². The molecule has 1 nitrogen and oxygen atoms in total. The maximum Gasteiger partial charge on any atom is 0.192 e. The van der Waals surface area contributed by atoms with E-state index in [2.05, 4.69) is 44.3 Å². The Balaban J connectivity index is 2.41. The Kier molecular flexibility index (Phi) is 5.08. The van der Waals surface area contributed by atoms with Gasteiger partial charge in [-0.2, -0.15) is 0 Å². The third kappa shape index (κ3) is 3.86. The molecule has 15 heavy (non-hydrogen) atoms. The molecule has 1 aromatic carbocycles. The second kappa shape index (κ2) is 6.38. The summed E-state index contributed by atoms with van der Waals surface area (Å²) in [5.41, 5.74) is 1.33. The van der Waals surface area contributed by atoms with Crippen molar-refractivity contribution in [3.63, 3.8) is 0 Å². The molecule has 0 unspecified atom stereocenters. The van der Waals surface area contributed by atoms with E-state index in [0.29, 0.717) is 6.61 Å². The molecular formula is C13H18OSi. The van der Waals surface area contributed by atoms with Crippen molar-refractivity contribution in [2.45, 2.75) is 6.92 Å². The Labute approximate surface area is 94.4 Å². The molecule has 0 amide bonds. The van der Waals surface area contributed by atoms with E-state index in [9.17, 15) is 0 Å². The molecule has 0 atom stereocenters. The van der Waals surface area contributed by atoms with Gasteiger partial charge in [-0.05, 0) is 12.1 Å². The van der Waals surface area contributed by atoms with Crippen LogP contribution in [0.1, 0.15) is 5.56 Å². The van der Waals surface area contributed by atoms with Crippen LogP contribution in [0.4, 0.5) is 0 Å². The van der Waals surface area contributed by atoms with Crippen molar-refractivity contribution >= 4 is 14.9 Å². The highest BCUT2D eigenvalue weighted by Crippen LogP contribution is 1.99. The normalized spacial score (nSPS) is 11.1. The van der Waals surface area contributed by atoms with Crippen LogP contribution >= 0.6 is 0 Å². The molecule has 80 valence electrons. The molecule has 0 N–H and O–H groups in total. The minimum absolute atomic E-state index is 0.279. The third-order valence-electron chi connectivity index (χ3n) is 2.43. The van der Waals surface area contributed by atoms with E-state index < -0.39 is 9.76 Å². The average molecular weight is 218 g/mol. The van der Waals surface area contributed by atoms with Crippen molar-refractivity contribution in [1.29, 1.82) is 0 Å². The average Bonchev–Trinajstić information content (AvgIpc) is 2.27. The fourth-order valence-corrected chi connectivity index (χ4v) is 2.50. The van der Waals surface area contributed by atoms with Gasteiger partial charge in [0.25, 0.3) is 0 Å². The predicted octanol–water partition coefficient (Wildman–Crippen LogP) is 1.71. The van der Waals surface area contributed by atoms with Crippen LogP contribution in [0.5, 0.6) is 0 Å². The Bertz CT molecular complexity index is 325. The highest BCUT2D eigenvalue weighted by molar-refractivity contribution is 6.47. The van der Waals surface area contributed by atoms with Gasteiger partial charge in [0.05, 0.1) is 0 Å². The van der Waals surface area contributed by atoms with E-state index in [0.717, 1.165) is 0 Å². The molecule has 0 bridgehead atoms. The van der Waals surface area contributed by atoms with Gasteiger partial charge in [0.15, 0.2) is 9.76 Å². The number of hydrogen-bond acceptors (Lipinski definition) is 1. The zero-order chi connectivity index (χ0) is 11.1. The first-order valence-corrected chi connectivity index (χ1v) is 6.43. The SMILES string of the molecule is C=CC(C=C)CO[SiH2]c1ccccc1C. The van der Waals surface area contributed by atoms with Gasteiger partial charge >= 0.3 is 0 Å². The van der Waals surface area contributed by atoms with Gasteiger partial charge in [-0.25, -0.2) is 0 Å². The minimum Gasteiger partial charge on any atom is -0.418 e. The molecule has 1 aromatic rings. The van der Waals surface area contributed by atoms with Gasteiger partial charge in [-0.15, -0.1) is 13.2 Å². The van der Waals surface area contributed by atoms with Crippen molar-refractivity contribution in [2.24, 2.45) is 5.92 Å². The fourth-order valence-electron chi connectivity index (χ4n) is 1.31. The van der Waals surface area contributed by atoms with E-state index in [1.807, 2.05) is 12.2 Å². The lowest BCUT2D eigenvalue weighted by Crippen LogP contribution is -2.22. The standard InChI is InChI=1S/C13H18OSi/c1-4-12(5-2)10-14-15-13-9-7-6-8-11(13)3/h4-9,12H,1-2,10,15H2,3H3. The maximum atomic E-state index is 5.74. The summed E-state index contributed by atoms with van der Waals surface area (Å²) >= 11 is 0. The molecule has 0 aliphatic heterocycles. The van der Waals surface area contributed by atoms with E-state index in [1.165, 1.54) is 10.8 Å². The summed E-state index contributed by atoms with van der Waals surface area (Å²) in [7, 11) is -0.597. The summed E-state index contributed by atoms with van der Waals surface area (Å²) in [6.45, 7) is 10.3. The molecule has 2 heteroatoms. The van der Waals surface area contributed by atoms with E-state index in [-0.39, 0.29) is 5.92 Å². The summed E-state index contributed by atoms with van der Waals surface area (Å²) in [6, 6.07) is 8.41. The number of benzene rings is 1. The first-order chi connectivity index (χ1) is 7.27. The topological polar surface area (TPSA) is 9.23 Å². The monoisotopic (exact) mass is 218 g/mol. The van der Waals surface area contributed by atoms with E-state index in [1.54, 1.807) is 0 Å². The first-order valence-electron chi connectivity index (χ1n) is 5.15. The first kappa shape index (κ1) is 11.9. The summed E-state index contributed by atoms with van der Waals surface area (Å²) in [5.74, 6) is 0.279. The van der Waals surface area contributed by atoms with Crippen LogP contribution in [-0.4, -0.2) is 16.4 Å². The van der Waals surface area contributed by atoms with Gasteiger partial charge < -0.3 is 4.43 Å². The molecule has 0 fully saturated rings. The zero-order valence-electron chi connectivity index (χ0n) is 9.28. The van der Waals surface area contributed by atoms with Crippen molar-refractivity contribution in [3.05, 3.63) is 55.1 Å². The molecule has 1 rings (SSSR count). The van der Waals surface area contributed by atoms with Crippen molar-refractivity contribution in [1.82, 2.24) is 0 Å². The lowest BCUT2D eigenvalue weighted by atomic mass is 10.2. The predicted molar refractivity (Wildman–Crippen MR) is 69.2 cm³/mol. The molecule has 0 aromatic heterocycles. The lowest BCUT2D eigenvalue weighted by molar-refractivity contribution is 0.319. The zero-order valence-corrected chi connectivity index (χ0v) is 10.7. The van der Waals surface area contributed by atoms with Crippen LogP contribution in [-0.2, 0) is 4.43 Å². The largest absolute Gasteiger partial charge is 0.418 e. The third-order valence-corrected chi connectivity index (χ3v) is 3.98. The molecule has 0 aliphatic rings. The van der Waals surface area contributed by atoms with E-state index in [4.69, 9.17) is 4.43 Å². The second-order valence-electron chi connectivity index (χ2n) is 3.58. The number of hydrogen-bond donors (Lipinski definition) is 0. The van der Waals surface area contributed by atoms with Crippen LogP contribution in [0.3, 0.4) is 0 Å². The van der Waals surface area contributed by atoms with Crippen LogP contribution in [0.15, 0.2) is 49.6 Å². The molecule has 0 saturated heterocycles. The quantitative estimate of drug-likeness (QED) is 0.522. The summed E-state index contributed by atoms with van der Waals surface area (Å²) in [4.78, 5) is 0. The highest BCUT2D eigenvalue weighted by atomic mass is 28.2. The van der Waals surface area contributed by atoms with Crippen LogP contribution in [0.2, 0.25) is 0 Å². The number of aryl methyl sites for hydroxylation is 1. The summed E-state index contributed by atoms with van der Waals surface area (Å²) in [5, 5.41) is 1.38. The Morgan fingerprint density at radius 2 is 2.00 bits per heavy atom. The van der Waals surface area contributed by atoms with Crippen LogP contribution in [0, 0.1) is 12.8 Å². The van der Waals surface area contributed by atoms with Crippen LogP contribution in [0.25, 0.3) is 0 Å². The molecular weight excluding hydrogens is 200 g/mol. The Morgan fingerprint density at radius 1 is 1.33 bits per heavy atom. The Hall–Kier alpha value is -1.12. The maximum absolute atomic E-state index is 5.74. The highest BCUT2D eigenvalue weighted by Gasteiger charge is 2.01. The summed E-state index contributed by atoms with van der Waals surface area (Å²) < 4.78 is 5.74. The summed E-state index contributed by atoms with van der Waals surface area (Å²) in [6.07, 6.45) is 3.75. The molecule has 0 spiro atoms. The molecule has 0 aliphatic carbocycles. The molecule has 0 heterocycles. The molecule has 0 radical (unpaired) electrons. The second-order valence-corrected chi connectivity index (χ2v) is 5.04. The van der Waals surface area contributed by atoms with Gasteiger partial charge in [0.1, 0.15) is 0 Å². The van der Waals surface area contributed by atoms with Crippen molar-refractivity contribution in [2.75, 3.05) is 6.61 Å². The van der Waals surface area contributed by atoms with Gasteiger partial charge in [0, 0.05) is 12.5 Å². The number of rotatable bonds is 6. The van der Waals surface area contributed by atoms with E-state index >= 15 is 0 Å². The van der Waals surface area contributed by atoms with Crippen molar-refractivity contribution in [3.8, 4) is 0 Å². The fraction of sp³-hybridized carbons (Fsp3) is 0.231. The minimum atomic E-state index is -0.597. The van der Waals surface area contributed by atoms with Gasteiger partial charge in [-0.3, -0.25) is 0 Å². The smallest absolute Gasteiger partial charge is 0.192 e. The van der Waals surface area contributed by atoms with Crippen LogP contribution < -0.4 is 5.19 Å². The van der Waals surface area contributed by atoms with Gasteiger partial charge in [-0.1, -0.05) is 42.0 Å². The Morgan fingerprint density at radius 3 is 2.60 bits per heavy atom. The molecule has 0 saturated carbocycles. The van der Waals surface area contributed by atoms with Gasteiger partial charge in [0.2, 0.25) is 0 Å².